The Kier molecular flexibility index (Phi) is 5.29. The average Bonchev–Trinajstić information content (AvgIpc) is 2.85. The lowest BCUT2D eigenvalue weighted by Gasteiger charge is -2.21. The maximum absolute atomic E-state index is 12.3. The van der Waals surface area contributed by atoms with Crippen LogP contribution in [-0.2, 0) is 4.79 Å². The van der Waals surface area contributed by atoms with Crippen LogP contribution in [-0.4, -0.2) is 28.6 Å². The minimum atomic E-state index is -0.958. The number of carboxylic acid groups (broad SMARTS) is 1. The molecule has 0 aliphatic heterocycles. The molecule has 21 heavy (non-hydrogen) atoms. The van der Waals surface area contributed by atoms with Gasteiger partial charge in [0.25, 0.3) is 0 Å². The molecule has 0 aliphatic rings. The van der Waals surface area contributed by atoms with Gasteiger partial charge in [0, 0.05) is 12.2 Å². The number of amides is 2. The summed E-state index contributed by atoms with van der Waals surface area (Å²) >= 11 is 4.55. The van der Waals surface area contributed by atoms with Gasteiger partial charge in [-0.3, -0.25) is 15.0 Å². The van der Waals surface area contributed by atoms with Gasteiger partial charge in [-0.15, -0.1) is 0 Å². The van der Waals surface area contributed by atoms with E-state index in [-0.39, 0.29) is 13.0 Å². The maximum Gasteiger partial charge on any atom is 0.328 e. The van der Waals surface area contributed by atoms with E-state index in [1.54, 1.807) is 30.5 Å². The molecule has 0 spiro atoms. The van der Waals surface area contributed by atoms with Crippen molar-refractivity contribution in [3.8, 4) is 0 Å². The standard InChI is InChI=1S/C13H12BrN3O3S/c14-10-8-15-12(21-10)16-13(20)17(7-6-11(18)19)9-4-2-1-3-5-9/h1-5,8H,6-7H2,(H,18,19)(H,15,16,20). The first-order chi connectivity index (χ1) is 10.1. The molecule has 0 saturated carbocycles. The van der Waals surface area contributed by atoms with E-state index in [0.717, 1.165) is 3.79 Å². The number of rotatable bonds is 5. The highest BCUT2D eigenvalue weighted by Crippen LogP contribution is 2.24. The van der Waals surface area contributed by atoms with Gasteiger partial charge < -0.3 is 5.11 Å². The topological polar surface area (TPSA) is 82.5 Å². The third-order valence-corrected chi connectivity index (χ3v) is 3.95. The highest BCUT2D eigenvalue weighted by atomic mass is 79.9. The fourth-order valence-corrected chi connectivity index (χ4v) is 2.73. The van der Waals surface area contributed by atoms with Crippen LogP contribution in [0.25, 0.3) is 0 Å². The number of thiazole rings is 1. The number of urea groups is 1. The van der Waals surface area contributed by atoms with E-state index in [1.807, 2.05) is 6.07 Å². The number of hydrogen-bond donors (Lipinski definition) is 2. The highest BCUT2D eigenvalue weighted by molar-refractivity contribution is 9.11. The van der Waals surface area contributed by atoms with Crippen LogP contribution < -0.4 is 10.2 Å². The van der Waals surface area contributed by atoms with Crippen molar-refractivity contribution in [2.24, 2.45) is 0 Å². The van der Waals surface area contributed by atoms with E-state index in [1.165, 1.54) is 16.2 Å². The number of carboxylic acids is 1. The lowest BCUT2D eigenvalue weighted by atomic mass is 10.3. The molecular weight excluding hydrogens is 358 g/mol. The van der Waals surface area contributed by atoms with Gasteiger partial charge >= 0.3 is 12.0 Å². The molecular formula is C13H12BrN3O3S. The second kappa shape index (κ2) is 7.19. The smallest absolute Gasteiger partial charge is 0.328 e. The zero-order chi connectivity index (χ0) is 15.2. The molecule has 1 aromatic heterocycles. The lowest BCUT2D eigenvalue weighted by molar-refractivity contribution is -0.136. The Labute approximate surface area is 133 Å². The SMILES string of the molecule is O=C(O)CCN(C(=O)Nc1ncc(Br)s1)c1ccccc1. The predicted octanol–water partition coefficient (Wildman–Crippen LogP) is 3.42. The number of aromatic nitrogens is 1. The molecule has 0 saturated heterocycles. The molecule has 2 N–H and O–H groups in total. The summed E-state index contributed by atoms with van der Waals surface area (Å²) in [6.07, 6.45) is 1.45. The number of anilines is 2. The van der Waals surface area contributed by atoms with Gasteiger partial charge in [-0.25, -0.2) is 9.78 Å². The summed E-state index contributed by atoms with van der Waals surface area (Å²) in [7, 11) is 0. The Bertz CT molecular complexity index is 633. The number of aliphatic carboxylic acids is 1. The zero-order valence-electron chi connectivity index (χ0n) is 10.8. The molecule has 6 nitrogen and oxygen atoms in total. The van der Waals surface area contributed by atoms with Crippen LogP contribution >= 0.6 is 27.3 Å². The molecule has 1 aromatic carbocycles. The van der Waals surface area contributed by atoms with Crippen molar-refractivity contribution in [2.75, 3.05) is 16.8 Å². The van der Waals surface area contributed by atoms with Crippen LogP contribution in [0.3, 0.4) is 0 Å². The van der Waals surface area contributed by atoms with Crippen molar-refractivity contribution in [2.45, 2.75) is 6.42 Å². The maximum atomic E-state index is 12.3. The fourth-order valence-electron chi connectivity index (χ4n) is 1.63. The van der Waals surface area contributed by atoms with Gasteiger partial charge in [0.15, 0.2) is 5.13 Å². The molecule has 2 rings (SSSR count). The molecule has 110 valence electrons. The largest absolute Gasteiger partial charge is 0.481 e. The molecule has 0 fully saturated rings. The molecule has 2 aromatic rings. The minimum absolute atomic E-state index is 0.0811. The van der Waals surface area contributed by atoms with E-state index in [0.29, 0.717) is 10.8 Å². The number of carbonyl (C=O) groups is 2. The molecule has 0 unspecified atom stereocenters. The third-order valence-electron chi connectivity index (χ3n) is 2.55. The summed E-state index contributed by atoms with van der Waals surface area (Å²) in [6.45, 7) is 0.0811. The number of para-hydroxylation sites is 1. The number of benzene rings is 1. The molecule has 0 aliphatic carbocycles. The molecule has 8 heteroatoms. The van der Waals surface area contributed by atoms with Gasteiger partial charge in [0.2, 0.25) is 0 Å². The van der Waals surface area contributed by atoms with Crippen LogP contribution in [0.2, 0.25) is 0 Å². The predicted molar refractivity (Wildman–Crippen MR) is 84.9 cm³/mol. The van der Waals surface area contributed by atoms with E-state index in [4.69, 9.17) is 5.11 Å². The van der Waals surface area contributed by atoms with Gasteiger partial charge in [0.05, 0.1) is 16.4 Å². The van der Waals surface area contributed by atoms with Crippen molar-refractivity contribution in [3.05, 3.63) is 40.3 Å². The fraction of sp³-hybridized carbons (Fsp3) is 0.154. The number of nitrogens with zero attached hydrogens (tertiary/aromatic N) is 2. The first kappa shape index (κ1) is 15.5. The Morgan fingerprint density at radius 3 is 2.62 bits per heavy atom. The van der Waals surface area contributed by atoms with Crippen LogP contribution in [0.1, 0.15) is 6.42 Å². The van der Waals surface area contributed by atoms with Gasteiger partial charge in [0.1, 0.15) is 0 Å². The number of hydrogen-bond acceptors (Lipinski definition) is 4. The van der Waals surface area contributed by atoms with Gasteiger partial charge in [-0.2, -0.15) is 0 Å². The Morgan fingerprint density at radius 1 is 1.33 bits per heavy atom. The summed E-state index contributed by atoms with van der Waals surface area (Å²) < 4.78 is 0.801. The number of carbonyl (C=O) groups excluding carboxylic acids is 1. The van der Waals surface area contributed by atoms with Gasteiger partial charge in [-0.05, 0) is 28.1 Å². The number of halogens is 1. The molecule has 1 heterocycles. The average molecular weight is 370 g/mol. The quantitative estimate of drug-likeness (QED) is 0.845. The second-order valence-electron chi connectivity index (χ2n) is 4.03. The lowest BCUT2D eigenvalue weighted by Crippen LogP contribution is -2.36. The third kappa shape index (κ3) is 4.54. The first-order valence-electron chi connectivity index (χ1n) is 6.03. The van der Waals surface area contributed by atoms with Crippen LogP contribution in [0.5, 0.6) is 0 Å². The summed E-state index contributed by atoms with van der Waals surface area (Å²) in [6, 6.07) is 8.49. The van der Waals surface area contributed by atoms with Crippen LogP contribution in [0.4, 0.5) is 15.6 Å². The number of nitrogens with one attached hydrogen (secondary N) is 1. The Balaban J connectivity index is 2.14. The van der Waals surface area contributed by atoms with E-state index in [9.17, 15) is 9.59 Å². The molecule has 0 bridgehead atoms. The van der Waals surface area contributed by atoms with Crippen LogP contribution in [0.15, 0.2) is 40.3 Å². The van der Waals surface area contributed by atoms with Crippen molar-refractivity contribution < 1.29 is 14.7 Å². The van der Waals surface area contributed by atoms with Crippen molar-refractivity contribution in [3.63, 3.8) is 0 Å². The molecule has 2 amide bonds. The van der Waals surface area contributed by atoms with E-state index in [2.05, 4.69) is 26.2 Å². The van der Waals surface area contributed by atoms with E-state index >= 15 is 0 Å². The summed E-state index contributed by atoms with van der Waals surface area (Å²) in [5.41, 5.74) is 0.631. The van der Waals surface area contributed by atoms with Crippen molar-refractivity contribution in [1.82, 2.24) is 4.98 Å². The Hall–Kier alpha value is -1.93. The minimum Gasteiger partial charge on any atom is -0.481 e. The summed E-state index contributed by atoms with van der Waals surface area (Å²) in [4.78, 5) is 28.5. The molecule has 0 atom stereocenters. The Morgan fingerprint density at radius 2 is 2.05 bits per heavy atom. The zero-order valence-corrected chi connectivity index (χ0v) is 13.2. The monoisotopic (exact) mass is 369 g/mol. The van der Waals surface area contributed by atoms with Crippen molar-refractivity contribution >= 4 is 50.1 Å². The highest BCUT2D eigenvalue weighted by Gasteiger charge is 2.18. The van der Waals surface area contributed by atoms with Gasteiger partial charge in [-0.1, -0.05) is 29.5 Å². The van der Waals surface area contributed by atoms with Crippen LogP contribution in [0, 0.1) is 0 Å². The van der Waals surface area contributed by atoms with Crippen molar-refractivity contribution in [1.29, 1.82) is 0 Å². The first-order valence-corrected chi connectivity index (χ1v) is 7.64. The summed E-state index contributed by atoms with van der Waals surface area (Å²) in [5, 5.41) is 11.9. The summed E-state index contributed by atoms with van der Waals surface area (Å²) in [5.74, 6) is -0.958. The second-order valence-corrected chi connectivity index (χ2v) is 6.44. The van der Waals surface area contributed by atoms with E-state index < -0.39 is 12.0 Å². The molecule has 0 radical (unpaired) electrons. The normalized spacial score (nSPS) is 10.1.